The lowest BCUT2D eigenvalue weighted by Crippen LogP contribution is -2.73. The number of esters is 1. The summed E-state index contributed by atoms with van der Waals surface area (Å²) in [6.45, 7) is 20.0. The largest absolute Gasteiger partial charge is 0.481 e. The number of hydrogen-bond donors (Lipinski definition) is 4. The van der Waals surface area contributed by atoms with Gasteiger partial charge < -0.3 is 26.2 Å². The molecule has 0 aliphatic heterocycles. The fraction of sp³-hybridized carbons (Fsp3) is 0.706. The van der Waals surface area contributed by atoms with Crippen LogP contribution in [0.4, 0.5) is 0 Å². The predicted octanol–water partition coefficient (Wildman–Crippen LogP) is 8.30. The van der Waals surface area contributed by atoms with E-state index < -0.39 is 40.2 Å². The third-order valence-corrected chi connectivity index (χ3v) is 20.5. The van der Waals surface area contributed by atoms with E-state index in [2.05, 4.69) is 65.0 Å². The number of benzene rings is 1. The summed E-state index contributed by atoms with van der Waals surface area (Å²) in [5.74, 6) is 0.701. The van der Waals surface area contributed by atoms with Gasteiger partial charge in [0.2, 0.25) is 5.91 Å². The van der Waals surface area contributed by atoms with E-state index in [-0.39, 0.29) is 82.1 Å². The molecule has 0 aromatic heterocycles. The lowest BCUT2D eigenvalue weighted by molar-refractivity contribution is -0.226. The van der Waals surface area contributed by atoms with Gasteiger partial charge in [-0.3, -0.25) is 24.0 Å². The van der Waals surface area contributed by atoms with Crippen LogP contribution in [0.3, 0.4) is 0 Å². The fourth-order valence-electron chi connectivity index (χ4n) is 16.5. The Labute approximate surface area is 373 Å². The van der Waals surface area contributed by atoms with Gasteiger partial charge in [0, 0.05) is 46.3 Å². The maximum Gasteiger partial charge on any atom is 0.309 e. The molecule has 62 heavy (non-hydrogen) atoms. The number of carboxylic acid groups (broad SMARTS) is 1. The van der Waals surface area contributed by atoms with Crippen molar-refractivity contribution in [3.05, 3.63) is 46.0 Å². The van der Waals surface area contributed by atoms with Crippen LogP contribution in [-0.4, -0.2) is 58.9 Å². The number of terminal acetylenes is 1. The highest BCUT2D eigenvalue weighted by Gasteiger charge is 2.87. The van der Waals surface area contributed by atoms with Crippen LogP contribution in [0.5, 0.6) is 0 Å². The number of Topliss-reactive ketones (excluding diaryl/α,β-unsaturated/α-hetero) is 1. The third-order valence-electron chi connectivity index (χ3n) is 20.2. The van der Waals surface area contributed by atoms with Crippen molar-refractivity contribution >= 4 is 41.1 Å². The predicted molar refractivity (Wildman–Crippen MR) is 237 cm³/mol. The topological polar surface area (TPSA) is 165 Å². The molecule has 0 unspecified atom stereocenters. The maximum atomic E-state index is 14.3. The number of ether oxygens (including phenoxy) is 1. The van der Waals surface area contributed by atoms with Gasteiger partial charge in [-0.05, 0) is 138 Å². The Hall–Kier alpha value is -3.68. The van der Waals surface area contributed by atoms with Gasteiger partial charge in [-0.2, -0.15) is 0 Å². The number of nitrogens with one attached hydrogen (secondary N) is 2. The quantitative estimate of drug-likeness (QED) is 0.135. The highest BCUT2D eigenvalue weighted by Crippen LogP contribution is 2.90. The Balaban J connectivity index is 1.03. The van der Waals surface area contributed by atoms with Crippen molar-refractivity contribution in [1.82, 2.24) is 10.6 Å². The first kappa shape index (κ1) is 44.9. The van der Waals surface area contributed by atoms with Crippen molar-refractivity contribution in [1.29, 1.82) is 0 Å². The molecule has 0 saturated heterocycles. The third kappa shape index (κ3) is 5.74. The summed E-state index contributed by atoms with van der Waals surface area (Å²) in [5.41, 5.74) is 7.38. The molecule has 5 N–H and O–H groups in total. The SMILES string of the molecule is C#C[C@H](CNC(=O)C[C@@]12CC[C@]3(C)[C@](N)(CC[C@H]4[C@@]3(C)CC[C@@]35[C@H](C)[C@]3(C)[C@@H](OC(=O)[C@H]3C[C@@H](C(=O)O)C3(C)C)CC[C@]45C)C1=C(C(C)C)C(=O)C2)NC(=O)c1ccc(Cl)cc1. The number of nitrogens with two attached hydrogens (primary N) is 1. The lowest BCUT2D eigenvalue weighted by atomic mass is 9.31. The molecule has 336 valence electrons. The summed E-state index contributed by atoms with van der Waals surface area (Å²) in [6, 6.07) is 5.75. The summed E-state index contributed by atoms with van der Waals surface area (Å²) >= 11 is 6.00. The van der Waals surface area contributed by atoms with Gasteiger partial charge in [-0.15, -0.1) is 6.42 Å². The summed E-state index contributed by atoms with van der Waals surface area (Å²) in [7, 11) is 0. The van der Waals surface area contributed by atoms with Gasteiger partial charge in [-0.1, -0.05) is 79.8 Å². The number of halogens is 1. The molecule has 6 fully saturated rings. The van der Waals surface area contributed by atoms with Gasteiger partial charge >= 0.3 is 11.9 Å². The molecule has 6 saturated carbocycles. The first-order valence-corrected chi connectivity index (χ1v) is 23.5. The average molecular weight is 871 g/mol. The molecule has 1 spiro atoms. The molecule has 13 atom stereocenters. The van der Waals surface area contributed by atoms with Crippen LogP contribution < -0.4 is 16.4 Å². The number of carboxylic acids is 1. The van der Waals surface area contributed by atoms with Crippen LogP contribution in [0.25, 0.3) is 0 Å². The first-order valence-electron chi connectivity index (χ1n) is 23.1. The number of ketones is 1. The number of amides is 2. The second kappa shape index (κ2) is 14.4. The van der Waals surface area contributed by atoms with Crippen molar-refractivity contribution < 1.29 is 33.8 Å². The number of carbonyl (C=O) groups is 5. The molecule has 7 aliphatic rings. The van der Waals surface area contributed by atoms with Crippen LogP contribution >= 0.6 is 11.6 Å². The Kier molecular flexibility index (Phi) is 10.4. The minimum absolute atomic E-state index is 0.0101. The van der Waals surface area contributed by atoms with E-state index in [9.17, 15) is 29.1 Å². The van der Waals surface area contributed by atoms with E-state index in [1.807, 2.05) is 13.8 Å². The molecule has 0 heterocycles. The van der Waals surface area contributed by atoms with Crippen molar-refractivity contribution in [2.24, 2.45) is 73.2 Å². The number of aliphatic carboxylic acids is 1. The number of rotatable bonds is 10. The molecule has 0 radical (unpaired) electrons. The van der Waals surface area contributed by atoms with Crippen LogP contribution in [-0.2, 0) is 23.9 Å². The van der Waals surface area contributed by atoms with Crippen molar-refractivity contribution in [3.8, 4) is 12.3 Å². The van der Waals surface area contributed by atoms with E-state index in [1.54, 1.807) is 24.3 Å². The molecule has 0 bridgehead atoms. The monoisotopic (exact) mass is 869 g/mol. The summed E-state index contributed by atoms with van der Waals surface area (Å²) < 4.78 is 6.51. The Morgan fingerprint density at radius 3 is 2.24 bits per heavy atom. The zero-order valence-corrected chi connectivity index (χ0v) is 39.0. The summed E-state index contributed by atoms with van der Waals surface area (Å²) in [6.07, 6.45) is 13.1. The summed E-state index contributed by atoms with van der Waals surface area (Å²) in [5, 5.41) is 16.1. The smallest absolute Gasteiger partial charge is 0.309 e. The van der Waals surface area contributed by atoms with Gasteiger partial charge in [0.15, 0.2) is 5.78 Å². The van der Waals surface area contributed by atoms with E-state index in [0.717, 1.165) is 56.1 Å². The Morgan fingerprint density at radius 2 is 1.63 bits per heavy atom. The van der Waals surface area contributed by atoms with Gasteiger partial charge in [0.05, 0.1) is 11.8 Å². The van der Waals surface area contributed by atoms with E-state index in [1.165, 1.54) is 0 Å². The van der Waals surface area contributed by atoms with Crippen LogP contribution in [0.1, 0.15) is 143 Å². The Morgan fingerprint density at radius 1 is 0.952 bits per heavy atom. The van der Waals surface area contributed by atoms with E-state index >= 15 is 0 Å². The summed E-state index contributed by atoms with van der Waals surface area (Å²) in [4.78, 5) is 66.9. The average Bonchev–Trinajstić information content (AvgIpc) is 3.53. The number of fused-ring (bicyclic) bond motifs is 6. The number of carbonyl (C=O) groups excluding carboxylic acids is 4. The molecule has 2 amide bonds. The highest BCUT2D eigenvalue weighted by molar-refractivity contribution is 6.30. The van der Waals surface area contributed by atoms with Crippen LogP contribution in [0.15, 0.2) is 35.4 Å². The van der Waals surface area contributed by atoms with Crippen molar-refractivity contribution in [2.45, 2.75) is 151 Å². The molecule has 11 heteroatoms. The fourth-order valence-corrected chi connectivity index (χ4v) is 16.6. The van der Waals surface area contributed by atoms with E-state index in [0.29, 0.717) is 35.3 Å². The van der Waals surface area contributed by atoms with Gasteiger partial charge in [-0.25, -0.2) is 0 Å². The Bertz CT molecular complexity index is 2190. The standard InChI is InChI=1S/C51H68ClN3O7/c1-11-32(55-41(58)30-12-14-31(52)15-13-30)27-54-38(57)26-49-22-21-47(9)45(7)20-23-50-29(4)48(50,10)37(62-43(61)34-24-33(42(59)60)44(34,5)6)17-18-46(50,8)36(45)16-19-51(47,53)40(49)39(28(2)3)35(56)25-49/h1,12-15,28-29,32-34,36-37H,16-27,53H2,2-10H3,(H,54,57)(H,55,58)(H,59,60)/t29-,32-,33+,34-,36+,37+,45-,46-,47+,48-,49+,50+,51+/m1/s1. The lowest BCUT2D eigenvalue weighted by Gasteiger charge is -2.74. The molecule has 10 nitrogen and oxygen atoms in total. The minimum atomic E-state index is -0.850. The van der Waals surface area contributed by atoms with E-state index in [4.69, 9.17) is 28.5 Å². The second-order valence-electron chi connectivity index (χ2n) is 22.7. The molecule has 7 aliphatic carbocycles. The van der Waals surface area contributed by atoms with Gasteiger partial charge in [0.25, 0.3) is 5.91 Å². The van der Waals surface area contributed by atoms with Gasteiger partial charge in [0.1, 0.15) is 12.1 Å². The molecular formula is C51H68ClN3O7. The first-order chi connectivity index (χ1) is 28.8. The maximum absolute atomic E-state index is 14.3. The molecular weight excluding hydrogens is 802 g/mol. The van der Waals surface area contributed by atoms with Crippen molar-refractivity contribution in [3.63, 3.8) is 0 Å². The molecule has 8 rings (SSSR count). The zero-order chi connectivity index (χ0) is 45.4. The molecule has 1 aromatic carbocycles. The van der Waals surface area contributed by atoms with Crippen molar-refractivity contribution in [2.75, 3.05) is 6.54 Å². The minimum Gasteiger partial charge on any atom is -0.481 e. The highest BCUT2D eigenvalue weighted by atomic mass is 35.5. The normalized spacial score (nSPS) is 42.7. The van der Waals surface area contributed by atoms with Crippen LogP contribution in [0.2, 0.25) is 5.02 Å². The van der Waals surface area contributed by atoms with Crippen LogP contribution in [0, 0.1) is 79.8 Å². The number of allylic oxidation sites excluding steroid dienone is 1. The second-order valence-corrected chi connectivity index (χ2v) is 23.1. The zero-order valence-electron chi connectivity index (χ0n) is 38.3. The molecule has 1 aromatic rings. The number of hydrogen-bond acceptors (Lipinski definition) is 7.